The standard InChI is InChI=1S/C19H25N3O2/c1-2-11-20-19(21-12-9-15-6-5-13-23-15)22-17-10-14-24-18-8-4-3-7-16(17)18/h3-8,13,17H,2,9-12,14H2,1H3,(H2,20,21,22). The third-order valence-corrected chi connectivity index (χ3v) is 4.01. The van der Waals surface area contributed by atoms with E-state index in [1.807, 2.05) is 24.3 Å². The summed E-state index contributed by atoms with van der Waals surface area (Å²) in [6.45, 7) is 4.45. The van der Waals surface area contributed by atoms with Crippen LogP contribution in [0.1, 0.15) is 37.1 Å². The summed E-state index contributed by atoms with van der Waals surface area (Å²) < 4.78 is 11.1. The molecule has 1 aromatic carbocycles. The smallest absolute Gasteiger partial charge is 0.191 e. The molecule has 1 atom stereocenters. The quantitative estimate of drug-likeness (QED) is 0.631. The van der Waals surface area contributed by atoms with Gasteiger partial charge in [-0.05, 0) is 24.6 Å². The van der Waals surface area contributed by atoms with Crippen LogP contribution in [0.2, 0.25) is 0 Å². The largest absolute Gasteiger partial charge is 0.493 e. The first kappa shape index (κ1) is 16.4. The molecule has 5 heteroatoms. The predicted molar refractivity (Wildman–Crippen MR) is 95.4 cm³/mol. The van der Waals surface area contributed by atoms with Gasteiger partial charge in [0, 0.05) is 31.5 Å². The fraction of sp³-hybridized carbons (Fsp3) is 0.421. The Hall–Kier alpha value is -2.43. The minimum absolute atomic E-state index is 0.224. The second kappa shape index (κ2) is 8.43. The Labute approximate surface area is 143 Å². The molecule has 0 saturated heterocycles. The van der Waals surface area contributed by atoms with Crippen LogP contribution in [0, 0.1) is 0 Å². The van der Waals surface area contributed by atoms with Gasteiger partial charge in [-0.25, -0.2) is 0 Å². The number of fused-ring (bicyclic) bond motifs is 1. The van der Waals surface area contributed by atoms with E-state index in [4.69, 9.17) is 9.15 Å². The van der Waals surface area contributed by atoms with Gasteiger partial charge in [-0.3, -0.25) is 4.99 Å². The Kier molecular flexibility index (Phi) is 5.77. The van der Waals surface area contributed by atoms with Crippen LogP contribution in [-0.2, 0) is 6.42 Å². The summed E-state index contributed by atoms with van der Waals surface area (Å²) in [4.78, 5) is 4.65. The minimum Gasteiger partial charge on any atom is -0.493 e. The van der Waals surface area contributed by atoms with Gasteiger partial charge in [-0.2, -0.15) is 0 Å². The highest BCUT2D eigenvalue weighted by atomic mass is 16.5. The Morgan fingerprint density at radius 1 is 1.25 bits per heavy atom. The maximum Gasteiger partial charge on any atom is 0.191 e. The van der Waals surface area contributed by atoms with Gasteiger partial charge in [0.2, 0.25) is 0 Å². The SMILES string of the molecule is CCCN=C(NCCc1ccco1)NC1CCOc2ccccc21. The number of nitrogens with one attached hydrogen (secondary N) is 2. The monoisotopic (exact) mass is 327 g/mol. The highest BCUT2D eigenvalue weighted by molar-refractivity contribution is 5.80. The first-order valence-electron chi connectivity index (χ1n) is 8.65. The molecule has 0 spiro atoms. The second-order valence-electron chi connectivity index (χ2n) is 5.86. The van der Waals surface area contributed by atoms with Crippen LogP contribution >= 0.6 is 0 Å². The topological polar surface area (TPSA) is 58.8 Å². The van der Waals surface area contributed by atoms with E-state index in [0.29, 0.717) is 0 Å². The van der Waals surface area contributed by atoms with E-state index >= 15 is 0 Å². The predicted octanol–water partition coefficient (Wildman–Crippen LogP) is 3.29. The number of aliphatic imine (C=N–C) groups is 1. The van der Waals surface area contributed by atoms with Crippen molar-refractivity contribution in [3.63, 3.8) is 0 Å². The molecule has 2 N–H and O–H groups in total. The fourth-order valence-corrected chi connectivity index (χ4v) is 2.79. The van der Waals surface area contributed by atoms with Crippen molar-refractivity contribution in [2.75, 3.05) is 19.7 Å². The van der Waals surface area contributed by atoms with E-state index in [9.17, 15) is 0 Å². The Balaban J connectivity index is 1.62. The van der Waals surface area contributed by atoms with Crippen molar-refractivity contribution >= 4 is 5.96 Å². The Morgan fingerprint density at radius 2 is 2.17 bits per heavy atom. The summed E-state index contributed by atoms with van der Waals surface area (Å²) >= 11 is 0. The highest BCUT2D eigenvalue weighted by Crippen LogP contribution is 2.31. The van der Waals surface area contributed by atoms with Gasteiger partial charge in [0.25, 0.3) is 0 Å². The van der Waals surface area contributed by atoms with Crippen molar-refractivity contribution in [1.82, 2.24) is 10.6 Å². The zero-order chi connectivity index (χ0) is 16.6. The number of hydrogen-bond donors (Lipinski definition) is 2. The number of furan rings is 1. The van der Waals surface area contributed by atoms with Crippen LogP contribution < -0.4 is 15.4 Å². The summed E-state index contributed by atoms with van der Waals surface area (Å²) in [6.07, 6.45) is 4.50. The zero-order valence-corrected chi connectivity index (χ0v) is 14.1. The summed E-state index contributed by atoms with van der Waals surface area (Å²) in [7, 11) is 0. The summed E-state index contributed by atoms with van der Waals surface area (Å²) in [6, 6.07) is 12.3. The van der Waals surface area contributed by atoms with Crippen molar-refractivity contribution in [1.29, 1.82) is 0 Å². The average molecular weight is 327 g/mol. The lowest BCUT2D eigenvalue weighted by atomic mass is 10.0. The lowest BCUT2D eigenvalue weighted by Crippen LogP contribution is -2.42. The van der Waals surface area contributed by atoms with E-state index in [-0.39, 0.29) is 6.04 Å². The molecular weight excluding hydrogens is 302 g/mol. The highest BCUT2D eigenvalue weighted by Gasteiger charge is 2.21. The zero-order valence-electron chi connectivity index (χ0n) is 14.1. The minimum atomic E-state index is 0.224. The number of rotatable bonds is 6. The van der Waals surface area contributed by atoms with Crippen LogP contribution in [0.25, 0.3) is 0 Å². The van der Waals surface area contributed by atoms with Crippen LogP contribution in [0.4, 0.5) is 0 Å². The molecule has 1 unspecified atom stereocenters. The summed E-state index contributed by atoms with van der Waals surface area (Å²) in [5, 5.41) is 6.96. The molecule has 2 heterocycles. The number of hydrogen-bond acceptors (Lipinski definition) is 3. The lowest BCUT2D eigenvalue weighted by Gasteiger charge is -2.28. The molecular formula is C19H25N3O2. The van der Waals surface area contributed by atoms with Gasteiger partial charge in [-0.1, -0.05) is 25.1 Å². The molecule has 1 aliphatic rings. The number of ether oxygens (including phenoxy) is 1. The van der Waals surface area contributed by atoms with Gasteiger partial charge in [-0.15, -0.1) is 0 Å². The molecule has 1 aliphatic heterocycles. The maximum atomic E-state index is 5.73. The molecule has 0 saturated carbocycles. The molecule has 128 valence electrons. The van der Waals surface area contributed by atoms with Crippen molar-refractivity contribution in [3.8, 4) is 5.75 Å². The number of guanidine groups is 1. The van der Waals surface area contributed by atoms with Gasteiger partial charge in [0.05, 0.1) is 18.9 Å². The number of para-hydroxylation sites is 1. The van der Waals surface area contributed by atoms with Crippen molar-refractivity contribution in [2.45, 2.75) is 32.2 Å². The van der Waals surface area contributed by atoms with Gasteiger partial charge in [0.1, 0.15) is 11.5 Å². The number of benzene rings is 1. The van der Waals surface area contributed by atoms with Gasteiger partial charge < -0.3 is 19.8 Å². The molecule has 3 rings (SSSR count). The van der Waals surface area contributed by atoms with E-state index in [1.165, 1.54) is 5.56 Å². The summed E-state index contributed by atoms with van der Waals surface area (Å²) in [5.41, 5.74) is 1.20. The molecule has 2 aromatic rings. The van der Waals surface area contributed by atoms with E-state index < -0.39 is 0 Å². The molecule has 1 aromatic heterocycles. The van der Waals surface area contributed by atoms with Crippen molar-refractivity contribution in [3.05, 3.63) is 54.0 Å². The Morgan fingerprint density at radius 3 is 3.00 bits per heavy atom. The van der Waals surface area contributed by atoms with Crippen LogP contribution in [-0.4, -0.2) is 25.7 Å². The fourth-order valence-electron chi connectivity index (χ4n) is 2.79. The second-order valence-corrected chi connectivity index (χ2v) is 5.86. The van der Waals surface area contributed by atoms with E-state index in [0.717, 1.165) is 56.4 Å². The van der Waals surface area contributed by atoms with Gasteiger partial charge in [0.15, 0.2) is 5.96 Å². The third-order valence-electron chi connectivity index (χ3n) is 4.01. The van der Waals surface area contributed by atoms with Crippen LogP contribution in [0.3, 0.4) is 0 Å². The Bertz CT molecular complexity index is 652. The molecule has 0 fully saturated rings. The lowest BCUT2D eigenvalue weighted by molar-refractivity contribution is 0.261. The van der Waals surface area contributed by atoms with Crippen LogP contribution in [0.5, 0.6) is 5.75 Å². The third kappa shape index (κ3) is 4.31. The molecule has 0 aliphatic carbocycles. The van der Waals surface area contributed by atoms with Crippen molar-refractivity contribution in [2.24, 2.45) is 4.99 Å². The summed E-state index contributed by atoms with van der Waals surface area (Å²) in [5.74, 6) is 2.80. The first-order valence-corrected chi connectivity index (χ1v) is 8.65. The van der Waals surface area contributed by atoms with Gasteiger partial charge >= 0.3 is 0 Å². The first-order chi connectivity index (χ1) is 11.9. The van der Waals surface area contributed by atoms with Crippen molar-refractivity contribution < 1.29 is 9.15 Å². The molecule has 0 bridgehead atoms. The molecule has 5 nitrogen and oxygen atoms in total. The van der Waals surface area contributed by atoms with E-state index in [1.54, 1.807) is 6.26 Å². The average Bonchev–Trinajstić information content (AvgIpc) is 3.13. The maximum absolute atomic E-state index is 5.73. The van der Waals surface area contributed by atoms with Crippen LogP contribution in [0.15, 0.2) is 52.1 Å². The van der Waals surface area contributed by atoms with E-state index in [2.05, 4.69) is 34.7 Å². The molecule has 0 radical (unpaired) electrons. The number of nitrogens with zero attached hydrogens (tertiary/aromatic N) is 1. The molecule has 0 amide bonds. The normalized spacial score (nSPS) is 17.0. The molecule has 24 heavy (non-hydrogen) atoms.